The molecule has 1 saturated carbocycles. The van der Waals surface area contributed by atoms with E-state index in [2.05, 4.69) is 10.3 Å². The predicted octanol–water partition coefficient (Wildman–Crippen LogP) is 4.68. The Hall–Kier alpha value is -1.52. The van der Waals surface area contributed by atoms with Crippen molar-refractivity contribution in [1.29, 1.82) is 0 Å². The zero-order valence-corrected chi connectivity index (χ0v) is 14.8. The standard InChI is InChI=1S/C18H20Cl2N2O2/c19-11-8-13-16(23)10-15(22-17(13)14(20)9-11)18(24)21-12-6-4-2-1-3-5-7-12/h8-10,12H,1-7H2,(H,21,24)(H,22,23). The molecule has 0 atom stereocenters. The molecule has 1 aliphatic rings. The number of pyridine rings is 1. The quantitative estimate of drug-likeness (QED) is 0.810. The highest BCUT2D eigenvalue weighted by molar-refractivity contribution is 6.38. The maximum absolute atomic E-state index is 12.5. The third kappa shape index (κ3) is 3.93. The fraction of sp³-hybridized carbons (Fsp3) is 0.444. The molecule has 2 aromatic rings. The molecule has 0 spiro atoms. The first-order valence-electron chi connectivity index (χ1n) is 8.37. The van der Waals surface area contributed by atoms with Gasteiger partial charge in [-0.05, 0) is 25.0 Å². The van der Waals surface area contributed by atoms with Crippen LogP contribution in [0.3, 0.4) is 0 Å². The van der Waals surface area contributed by atoms with E-state index in [9.17, 15) is 9.59 Å². The number of aromatic nitrogens is 1. The molecule has 0 aliphatic heterocycles. The average molecular weight is 367 g/mol. The molecule has 4 nitrogen and oxygen atoms in total. The van der Waals surface area contributed by atoms with Crippen molar-refractivity contribution in [3.8, 4) is 0 Å². The summed E-state index contributed by atoms with van der Waals surface area (Å²) in [6.07, 6.45) is 7.94. The lowest BCUT2D eigenvalue weighted by atomic mass is 9.96. The minimum Gasteiger partial charge on any atom is -0.349 e. The molecule has 1 aliphatic carbocycles. The number of benzene rings is 1. The molecule has 1 heterocycles. The van der Waals surface area contributed by atoms with Gasteiger partial charge in [0.1, 0.15) is 5.69 Å². The Morgan fingerprint density at radius 2 is 1.71 bits per heavy atom. The Kier molecular flexibility index (Phi) is 5.47. The van der Waals surface area contributed by atoms with Gasteiger partial charge >= 0.3 is 0 Å². The number of carbonyl (C=O) groups is 1. The van der Waals surface area contributed by atoms with E-state index in [4.69, 9.17) is 23.2 Å². The summed E-state index contributed by atoms with van der Waals surface area (Å²) in [7, 11) is 0. The highest BCUT2D eigenvalue weighted by Crippen LogP contribution is 2.25. The lowest BCUT2D eigenvalue weighted by molar-refractivity contribution is 0.0925. The molecule has 0 saturated heterocycles. The first kappa shape index (κ1) is 17.3. The van der Waals surface area contributed by atoms with Crippen LogP contribution >= 0.6 is 23.2 Å². The maximum atomic E-state index is 12.5. The Balaban J connectivity index is 1.85. The van der Waals surface area contributed by atoms with Crippen molar-refractivity contribution in [2.24, 2.45) is 0 Å². The van der Waals surface area contributed by atoms with E-state index in [0.29, 0.717) is 20.9 Å². The molecule has 2 N–H and O–H groups in total. The van der Waals surface area contributed by atoms with Gasteiger partial charge in [-0.1, -0.05) is 55.3 Å². The number of hydrogen-bond donors (Lipinski definition) is 2. The maximum Gasteiger partial charge on any atom is 0.268 e. The van der Waals surface area contributed by atoms with Crippen LogP contribution in [-0.2, 0) is 0 Å². The molecule has 0 bridgehead atoms. The van der Waals surface area contributed by atoms with Gasteiger partial charge in [-0.3, -0.25) is 9.59 Å². The van der Waals surface area contributed by atoms with Crippen LogP contribution in [0.4, 0.5) is 0 Å². The van der Waals surface area contributed by atoms with E-state index in [1.165, 1.54) is 25.3 Å². The van der Waals surface area contributed by atoms with Crippen LogP contribution in [0, 0.1) is 0 Å². The second-order valence-electron chi connectivity index (χ2n) is 6.37. The molecule has 6 heteroatoms. The minimum atomic E-state index is -0.268. The van der Waals surface area contributed by atoms with Crippen LogP contribution < -0.4 is 10.7 Å². The summed E-state index contributed by atoms with van der Waals surface area (Å²) in [6, 6.07) is 4.58. The molecule has 24 heavy (non-hydrogen) atoms. The lowest BCUT2D eigenvalue weighted by Gasteiger charge is -2.21. The molecule has 0 radical (unpaired) electrons. The van der Waals surface area contributed by atoms with Crippen LogP contribution in [0.2, 0.25) is 10.0 Å². The molecular formula is C18H20Cl2N2O2. The number of rotatable bonds is 2. The largest absolute Gasteiger partial charge is 0.349 e. The van der Waals surface area contributed by atoms with Crippen molar-refractivity contribution in [2.75, 3.05) is 0 Å². The fourth-order valence-corrected chi connectivity index (χ4v) is 3.80. The molecule has 1 amide bonds. The van der Waals surface area contributed by atoms with E-state index in [-0.39, 0.29) is 23.1 Å². The van der Waals surface area contributed by atoms with E-state index in [1.54, 1.807) is 12.1 Å². The molecule has 1 fully saturated rings. The first-order chi connectivity index (χ1) is 11.5. The van der Waals surface area contributed by atoms with Crippen molar-refractivity contribution in [2.45, 2.75) is 51.0 Å². The Morgan fingerprint density at radius 3 is 2.42 bits per heavy atom. The zero-order valence-electron chi connectivity index (χ0n) is 13.3. The van der Waals surface area contributed by atoms with Gasteiger partial charge in [0.05, 0.1) is 10.5 Å². The lowest BCUT2D eigenvalue weighted by Crippen LogP contribution is -2.36. The summed E-state index contributed by atoms with van der Waals surface area (Å²) in [4.78, 5) is 27.8. The van der Waals surface area contributed by atoms with Crippen molar-refractivity contribution in [3.63, 3.8) is 0 Å². The summed E-state index contributed by atoms with van der Waals surface area (Å²) in [5.41, 5.74) is 0.408. The van der Waals surface area contributed by atoms with Crippen LogP contribution in [-0.4, -0.2) is 16.9 Å². The second kappa shape index (κ2) is 7.58. The van der Waals surface area contributed by atoms with Crippen LogP contribution in [0.15, 0.2) is 23.0 Å². The number of halogens is 2. The van der Waals surface area contributed by atoms with Gasteiger partial charge in [0, 0.05) is 22.5 Å². The Morgan fingerprint density at radius 1 is 1.04 bits per heavy atom. The third-order valence-corrected chi connectivity index (χ3v) is 5.06. The van der Waals surface area contributed by atoms with E-state index in [1.807, 2.05) is 0 Å². The zero-order chi connectivity index (χ0) is 17.1. The normalized spacial score (nSPS) is 16.6. The van der Waals surface area contributed by atoms with Gasteiger partial charge in [0.15, 0.2) is 5.43 Å². The average Bonchev–Trinajstić information content (AvgIpc) is 2.50. The number of aromatic amines is 1. The Labute approximate surface area is 150 Å². The van der Waals surface area contributed by atoms with Crippen LogP contribution in [0.1, 0.15) is 55.4 Å². The minimum absolute atomic E-state index is 0.165. The number of carbonyl (C=O) groups excluding carboxylic acids is 1. The summed E-state index contributed by atoms with van der Waals surface area (Å²) >= 11 is 12.1. The summed E-state index contributed by atoms with van der Waals surface area (Å²) in [5.74, 6) is -0.259. The molecule has 1 aromatic heterocycles. The van der Waals surface area contributed by atoms with Gasteiger partial charge < -0.3 is 10.3 Å². The molecule has 3 rings (SSSR count). The number of hydrogen-bond acceptors (Lipinski definition) is 2. The molecule has 128 valence electrons. The fourth-order valence-electron chi connectivity index (χ4n) is 3.26. The van der Waals surface area contributed by atoms with Gasteiger partial charge in [0.2, 0.25) is 0 Å². The van der Waals surface area contributed by atoms with Crippen molar-refractivity contribution >= 4 is 40.0 Å². The Bertz CT molecular complexity index is 809. The summed E-state index contributed by atoms with van der Waals surface area (Å²) < 4.78 is 0. The van der Waals surface area contributed by atoms with Gasteiger partial charge in [-0.2, -0.15) is 0 Å². The summed E-state index contributed by atoms with van der Waals surface area (Å²) in [5, 5.41) is 4.15. The van der Waals surface area contributed by atoms with Crippen molar-refractivity contribution in [3.05, 3.63) is 44.2 Å². The van der Waals surface area contributed by atoms with Gasteiger partial charge in [0.25, 0.3) is 5.91 Å². The number of fused-ring (bicyclic) bond motifs is 1. The first-order valence-corrected chi connectivity index (χ1v) is 9.13. The molecule has 0 unspecified atom stereocenters. The number of nitrogens with one attached hydrogen (secondary N) is 2. The number of H-pyrrole nitrogens is 1. The van der Waals surface area contributed by atoms with Crippen LogP contribution in [0.25, 0.3) is 10.9 Å². The van der Waals surface area contributed by atoms with E-state index >= 15 is 0 Å². The molecule has 1 aromatic carbocycles. The van der Waals surface area contributed by atoms with Crippen LogP contribution in [0.5, 0.6) is 0 Å². The van der Waals surface area contributed by atoms with E-state index in [0.717, 1.165) is 25.7 Å². The smallest absolute Gasteiger partial charge is 0.268 e. The number of amides is 1. The SMILES string of the molecule is O=C(NC1CCCCCCC1)c1cc(=O)c2cc(Cl)cc(Cl)c2[nH]1. The second-order valence-corrected chi connectivity index (χ2v) is 7.22. The predicted molar refractivity (Wildman–Crippen MR) is 98.2 cm³/mol. The highest BCUT2D eigenvalue weighted by Gasteiger charge is 2.17. The van der Waals surface area contributed by atoms with Gasteiger partial charge in [-0.15, -0.1) is 0 Å². The van der Waals surface area contributed by atoms with Crippen molar-refractivity contribution in [1.82, 2.24) is 10.3 Å². The monoisotopic (exact) mass is 366 g/mol. The molecular weight excluding hydrogens is 347 g/mol. The van der Waals surface area contributed by atoms with E-state index < -0.39 is 0 Å². The third-order valence-electron chi connectivity index (χ3n) is 4.54. The highest BCUT2D eigenvalue weighted by atomic mass is 35.5. The van der Waals surface area contributed by atoms with Gasteiger partial charge in [-0.25, -0.2) is 0 Å². The summed E-state index contributed by atoms with van der Waals surface area (Å²) in [6.45, 7) is 0. The topological polar surface area (TPSA) is 62.0 Å². The van der Waals surface area contributed by atoms with Crippen molar-refractivity contribution < 1.29 is 4.79 Å².